The second kappa shape index (κ2) is 7.06. The van der Waals surface area contributed by atoms with Gasteiger partial charge in [0.25, 0.3) is 0 Å². The summed E-state index contributed by atoms with van der Waals surface area (Å²) in [7, 11) is -3.51. The van der Waals surface area contributed by atoms with Gasteiger partial charge in [0.05, 0.1) is 10.6 Å². The van der Waals surface area contributed by atoms with Crippen molar-refractivity contribution >= 4 is 25.8 Å². The Morgan fingerprint density at radius 1 is 1.05 bits per heavy atom. The molecule has 2 aromatic rings. The average Bonchev–Trinajstić information content (AvgIpc) is 2.47. The van der Waals surface area contributed by atoms with Crippen LogP contribution in [0.1, 0.15) is 0 Å². The molecule has 21 heavy (non-hydrogen) atoms. The van der Waals surface area contributed by atoms with Gasteiger partial charge in [0.15, 0.2) is 9.84 Å². The van der Waals surface area contributed by atoms with E-state index >= 15 is 0 Å². The average molecular weight is 371 g/mol. The lowest BCUT2D eigenvalue weighted by molar-refractivity contribution is 0.125. The third-order valence-corrected chi connectivity index (χ3v) is 5.11. The predicted molar refractivity (Wildman–Crippen MR) is 84.1 cm³/mol. The third-order valence-electron chi connectivity index (χ3n) is 2.77. The second-order valence-electron chi connectivity index (χ2n) is 4.51. The third kappa shape index (κ3) is 4.84. The van der Waals surface area contributed by atoms with Crippen LogP contribution in [0.2, 0.25) is 0 Å². The highest BCUT2D eigenvalue weighted by atomic mass is 79.9. The highest BCUT2D eigenvalue weighted by Gasteiger charge is 2.19. The van der Waals surface area contributed by atoms with Crippen LogP contribution >= 0.6 is 15.9 Å². The zero-order valence-corrected chi connectivity index (χ0v) is 13.5. The first kappa shape index (κ1) is 16.0. The molecule has 0 heterocycles. The summed E-state index contributed by atoms with van der Waals surface area (Å²) in [4.78, 5) is 0.202. The molecule has 112 valence electrons. The normalized spacial score (nSPS) is 12.9. The Bertz CT molecular complexity index is 669. The van der Waals surface area contributed by atoms with E-state index in [0.29, 0.717) is 5.75 Å². The van der Waals surface area contributed by atoms with Crippen molar-refractivity contribution in [3.63, 3.8) is 0 Å². The van der Waals surface area contributed by atoms with Crippen molar-refractivity contribution in [3.05, 3.63) is 59.1 Å². The molecular weight excluding hydrogens is 356 g/mol. The van der Waals surface area contributed by atoms with E-state index in [0.717, 1.165) is 4.47 Å². The first-order valence-corrected chi connectivity index (χ1v) is 8.76. The zero-order valence-electron chi connectivity index (χ0n) is 11.1. The van der Waals surface area contributed by atoms with Gasteiger partial charge in [-0.1, -0.05) is 34.1 Å². The highest BCUT2D eigenvalue weighted by Crippen LogP contribution is 2.17. The Labute approximate surface area is 132 Å². The fourth-order valence-corrected chi connectivity index (χ4v) is 3.38. The number of rotatable bonds is 6. The van der Waals surface area contributed by atoms with Crippen LogP contribution in [0.5, 0.6) is 5.75 Å². The number of aliphatic hydroxyl groups excluding tert-OH is 1. The van der Waals surface area contributed by atoms with Crippen molar-refractivity contribution in [1.82, 2.24) is 0 Å². The fraction of sp³-hybridized carbons (Fsp3) is 0.200. The summed E-state index contributed by atoms with van der Waals surface area (Å²) in [5.74, 6) is 0.211. The van der Waals surface area contributed by atoms with E-state index in [9.17, 15) is 13.5 Å². The van der Waals surface area contributed by atoms with E-state index in [-0.39, 0.29) is 17.3 Å². The zero-order chi connectivity index (χ0) is 15.3. The minimum absolute atomic E-state index is 0.0757. The molecule has 1 N–H and O–H groups in total. The molecular formula is C15H15BrO4S. The van der Waals surface area contributed by atoms with E-state index in [1.165, 1.54) is 12.1 Å². The van der Waals surface area contributed by atoms with Gasteiger partial charge in [0.1, 0.15) is 18.5 Å². The van der Waals surface area contributed by atoms with Gasteiger partial charge in [-0.25, -0.2) is 8.42 Å². The van der Waals surface area contributed by atoms with Crippen LogP contribution in [0, 0.1) is 0 Å². The van der Waals surface area contributed by atoms with Crippen molar-refractivity contribution in [2.45, 2.75) is 11.0 Å². The van der Waals surface area contributed by atoms with E-state index in [1.54, 1.807) is 30.3 Å². The molecule has 0 aliphatic rings. The van der Waals surface area contributed by atoms with Crippen molar-refractivity contribution < 1.29 is 18.3 Å². The van der Waals surface area contributed by atoms with E-state index < -0.39 is 15.9 Å². The van der Waals surface area contributed by atoms with Crippen molar-refractivity contribution in [2.75, 3.05) is 12.4 Å². The molecule has 0 unspecified atom stereocenters. The quantitative estimate of drug-likeness (QED) is 0.848. The fourth-order valence-electron chi connectivity index (χ4n) is 1.75. The minimum atomic E-state index is -3.51. The minimum Gasteiger partial charge on any atom is -0.491 e. The first-order chi connectivity index (χ1) is 9.97. The van der Waals surface area contributed by atoms with Crippen LogP contribution in [0.25, 0.3) is 0 Å². The molecule has 0 bridgehead atoms. The van der Waals surface area contributed by atoms with Gasteiger partial charge < -0.3 is 9.84 Å². The van der Waals surface area contributed by atoms with Gasteiger partial charge in [-0.2, -0.15) is 0 Å². The second-order valence-corrected chi connectivity index (χ2v) is 7.46. The molecule has 0 aliphatic heterocycles. The lowest BCUT2D eigenvalue weighted by Crippen LogP contribution is -2.27. The maximum absolute atomic E-state index is 12.1. The Balaban J connectivity index is 1.92. The summed E-state index contributed by atoms with van der Waals surface area (Å²) in [5.41, 5.74) is 0. The number of benzene rings is 2. The number of ether oxygens (including phenoxy) is 1. The van der Waals surface area contributed by atoms with E-state index in [1.807, 2.05) is 12.1 Å². The number of hydrogen-bond donors (Lipinski definition) is 1. The molecule has 0 saturated heterocycles. The van der Waals surface area contributed by atoms with Gasteiger partial charge >= 0.3 is 0 Å². The molecule has 4 nitrogen and oxygen atoms in total. The van der Waals surface area contributed by atoms with Crippen LogP contribution < -0.4 is 4.74 Å². The first-order valence-electron chi connectivity index (χ1n) is 6.31. The Kier molecular flexibility index (Phi) is 5.39. The predicted octanol–water partition coefficient (Wildman–Crippen LogP) is 2.66. The Morgan fingerprint density at radius 2 is 1.67 bits per heavy atom. The topological polar surface area (TPSA) is 63.6 Å². The maximum atomic E-state index is 12.1. The van der Waals surface area contributed by atoms with Crippen molar-refractivity contribution in [3.8, 4) is 5.75 Å². The number of aliphatic hydroxyl groups is 1. The molecule has 0 saturated carbocycles. The molecule has 0 amide bonds. The molecule has 2 rings (SSSR count). The van der Waals surface area contributed by atoms with Gasteiger partial charge in [-0.15, -0.1) is 0 Å². The van der Waals surface area contributed by atoms with Crippen LogP contribution in [-0.4, -0.2) is 32.0 Å². The number of halogens is 1. The SMILES string of the molecule is O=S(=O)(C[C@H](O)COc1ccc(Br)cc1)c1ccccc1. The Hall–Kier alpha value is -1.37. The molecule has 1 atom stereocenters. The summed E-state index contributed by atoms with van der Waals surface area (Å²) >= 11 is 3.31. The monoisotopic (exact) mass is 370 g/mol. The molecule has 0 aliphatic carbocycles. The van der Waals surface area contributed by atoms with E-state index in [4.69, 9.17) is 4.74 Å². The van der Waals surface area contributed by atoms with Crippen LogP contribution in [-0.2, 0) is 9.84 Å². The summed E-state index contributed by atoms with van der Waals surface area (Å²) in [6.07, 6.45) is -1.08. The van der Waals surface area contributed by atoms with Crippen LogP contribution in [0.4, 0.5) is 0 Å². The number of sulfone groups is 1. The molecule has 6 heteroatoms. The van der Waals surface area contributed by atoms with E-state index in [2.05, 4.69) is 15.9 Å². The molecule has 2 aromatic carbocycles. The van der Waals surface area contributed by atoms with Crippen molar-refractivity contribution in [2.24, 2.45) is 0 Å². The standard InChI is InChI=1S/C15H15BrO4S/c16-12-6-8-14(9-7-12)20-10-13(17)11-21(18,19)15-4-2-1-3-5-15/h1-9,13,17H,10-11H2/t13-/m1/s1. The smallest absolute Gasteiger partial charge is 0.181 e. The van der Waals surface area contributed by atoms with Gasteiger partial charge in [-0.3, -0.25) is 0 Å². The molecule has 0 radical (unpaired) electrons. The van der Waals surface area contributed by atoms with Gasteiger partial charge in [0.2, 0.25) is 0 Å². The summed E-state index contributed by atoms with van der Waals surface area (Å²) in [6.45, 7) is -0.0757. The maximum Gasteiger partial charge on any atom is 0.181 e. The molecule has 0 aromatic heterocycles. The summed E-state index contributed by atoms with van der Waals surface area (Å²) in [5, 5.41) is 9.85. The van der Waals surface area contributed by atoms with Crippen LogP contribution in [0.15, 0.2) is 64.0 Å². The van der Waals surface area contributed by atoms with Crippen LogP contribution in [0.3, 0.4) is 0 Å². The lowest BCUT2D eigenvalue weighted by atomic mass is 10.3. The lowest BCUT2D eigenvalue weighted by Gasteiger charge is -2.13. The van der Waals surface area contributed by atoms with Gasteiger partial charge in [-0.05, 0) is 36.4 Å². The summed E-state index contributed by atoms with van der Waals surface area (Å²) < 4.78 is 30.4. The summed E-state index contributed by atoms with van der Waals surface area (Å²) in [6, 6.07) is 15.2. The highest BCUT2D eigenvalue weighted by molar-refractivity contribution is 9.10. The van der Waals surface area contributed by atoms with Gasteiger partial charge in [0, 0.05) is 4.47 Å². The largest absolute Gasteiger partial charge is 0.491 e. The molecule has 0 spiro atoms. The number of hydrogen-bond acceptors (Lipinski definition) is 4. The molecule has 0 fully saturated rings. The van der Waals surface area contributed by atoms with Crippen molar-refractivity contribution in [1.29, 1.82) is 0 Å². The Morgan fingerprint density at radius 3 is 2.29 bits per heavy atom.